The van der Waals surface area contributed by atoms with Gasteiger partial charge in [0.25, 0.3) is 0 Å². The number of aliphatic hydroxyl groups excluding tert-OH is 2. The van der Waals surface area contributed by atoms with E-state index in [-0.39, 0.29) is 6.61 Å². The maximum atomic E-state index is 10.4. The first kappa shape index (κ1) is 13.7. The number of hydrogen-bond donors (Lipinski definition) is 3. The zero-order valence-electron chi connectivity index (χ0n) is 10.6. The van der Waals surface area contributed by atoms with Crippen molar-refractivity contribution in [2.24, 2.45) is 0 Å². The zero-order chi connectivity index (χ0) is 14.5. The maximum absolute atomic E-state index is 10.4. The van der Waals surface area contributed by atoms with Crippen molar-refractivity contribution in [1.29, 1.82) is 0 Å². The number of aromatic nitrogens is 3. The molecule has 0 spiro atoms. The molecule has 3 rings (SSSR count). The van der Waals surface area contributed by atoms with E-state index in [9.17, 15) is 15.3 Å². The van der Waals surface area contributed by atoms with E-state index in [2.05, 4.69) is 9.97 Å². The number of halogens is 1. The van der Waals surface area contributed by atoms with Gasteiger partial charge in [-0.1, -0.05) is 11.6 Å². The highest BCUT2D eigenvalue weighted by Gasteiger charge is 2.53. The van der Waals surface area contributed by atoms with E-state index in [4.69, 9.17) is 16.3 Å². The molecule has 1 aliphatic heterocycles. The number of aliphatic hydroxyl groups is 3. The molecule has 2 aromatic heterocycles. The normalized spacial score (nSPS) is 34.0. The minimum atomic E-state index is -1.56. The summed E-state index contributed by atoms with van der Waals surface area (Å²) in [5.41, 5.74) is -1.07. The van der Waals surface area contributed by atoms with E-state index in [1.165, 1.54) is 13.3 Å². The van der Waals surface area contributed by atoms with Crippen LogP contribution in [0, 0.1) is 0 Å². The fourth-order valence-corrected chi connectivity index (χ4v) is 2.71. The van der Waals surface area contributed by atoms with Crippen LogP contribution in [0.1, 0.15) is 13.2 Å². The van der Waals surface area contributed by atoms with Crippen molar-refractivity contribution in [3.8, 4) is 0 Å². The van der Waals surface area contributed by atoms with E-state index in [0.29, 0.717) is 16.2 Å². The van der Waals surface area contributed by atoms with Crippen LogP contribution in [0.25, 0.3) is 11.0 Å². The summed E-state index contributed by atoms with van der Waals surface area (Å²) in [5, 5.41) is 30.6. The Kier molecular flexibility index (Phi) is 3.19. The van der Waals surface area contributed by atoms with Gasteiger partial charge in [0, 0.05) is 6.20 Å². The molecule has 8 heteroatoms. The Bertz CT molecular complexity index is 645. The second kappa shape index (κ2) is 4.64. The minimum Gasteiger partial charge on any atom is -0.394 e. The molecule has 4 atom stereocenters. The molecule has 108 valence electrons. The van der Waals surface area contributed by atoms with Crippen LogP contribution in [0.2, 0.25) is 5.15 Å². The summed E-state index contributed by atoms with van der Waals surface area (Å²) in [6, 6.07) is 1.70. The van der Waals surface area contributed by atoms with Crippen molar-refractivity contribution >= 4 is 22.6 Å². The predicted octanol–water partition coefficient (Wildman–Crippen LogP) is 0.0863. The van der Waals surface area contributed by atoms with Crippen molar-refractivity contribution in [3.05, 3.63) is 23.7 Å². The number of rotatable bonds is 2. The molecule has 1 aliphatic rings. The molecule has 3 N–H and O–H groups in total. The van der Waals surface area contributed by atoms with E-state index in [1.54, 1.807) is 16.8 Å². The third kappa shape index (κ3) is 1.82. The molecule has 0 radical (unpaired) electrons. The molecule has 7 nitrogen and oxygen atoms in total. The molecule has 1 fully saturated rings. The van der Waals surface area contributed by atoms with Gasteiger partial charge in [0.1, 0.15) is 34.9 Å². The Labute approximate surface area is 119 Å². The van der Waals surface area contributed by atoms with Crippen LogP contribution in [-0.4, -0.2) is 54.3 Å². The third-order valence-corrected chi connectivity index (χ3v) is 3.95. The van der Waals surface area contributed by atoms with Crippen molar-refractivity contribution in [2.75, 3.05) is 6.61 Å². The van der Waals surface area contributed by atoms with E-state index in [0.717, 1.165) is 0 Å². The van der Waals surface area contributed by atoms with Crippen molar-refractivity contribution in [2.45, 2.75) is 31.0 Å². The average Bonchev–Trinajstić information content (AvgIpc) is 2.92. The second-order valence-electron chi connectivity index (χ2n) is 5.00. The molecule has 0 aromatic carbocycles. The fourth-order valence-electron chi connectivity index (χ4n) is 2.52. The molecular weight excluding hydrogens is 286 g/mol. The molecule has 0 amide bonds. The molecular formula is C12H14ClN3O4. The Morgan fingerprint density at radius 3 is 2.90 bits per heavy atom. The standard InChI is InChI=1S/C12H14ClN3O4/c1-12(19)8(18)7(4-17)20-11(12)16-3-2-6-9(13)14-5-15-10(6)16/h2-3,5,7-8,11,17-19H,4H2,1H3/t7-,8-,11?,12+/m1/s1. The van der Waals surface area contributed by atoms with Crippen LogP contribution in [0.15, 0.2) is 18.6 Å². The lowest BCUT2D eigenvalue weighted by atomic mass is 9.96. The summed E-state index contributed by atoms with van der Waals surface area (Å²) in [6.45, 7) is 1.06. The van der Waals surface area contributed by atoms with Crippen molar-refractivity contribution < 1.29 is 20.1 Å². The summed E-state index contributed by atoms with van der Waals surface area (Å²) >= 11 is 5.98. The van der Waals surface area contributed by atoms with Gasteiger partial charge in [-0.15, -0.1) is 0 Å². The highest BCUT2D eigenvalue weighted by molar-refractivity contribution is 6.33. The van der Waals surface area contributed by atoms with Gasteiger partial charge in [-0.25, -0.2) is 9.97 Å². The monoisotopic (exact) mass is 299 g/mol. The van der Waals surface area contributed by atoms with Crippen LogP contribution in [0.3, 0.4) is 0 Å². The van der Waals surface area contributed by atoms with Crippen LogP contribution < -0.4 is 0 Å². The van der Waals surface area contributed by atoms with Gasteiger partial charge in [0.05, 0.1) is 12.0 Å². The van der Waals surface area contributed by atoms with Gasteiger partial charge in [-0.2, -0.15) is 0 Å². The number of fused-ring (bicyclic) bond motifs is 1. The molecule has 2 aromatic rings. The van der Waals surface area contributed by atoms with Gasteiger partial charge in [0.2, 0.25) is 0 Å². The first-order chi connectivity index (χ1) is 9.46. The third-order valence-electron chi connectivity index (χ3n) is 3.65. The zero-order valence-corrected chi connectivity index (χ0v) is 11.4. The van der Waals surface area contributed by atoms with Crippen molar-refractivity contribution in [3.63, 3.8) is 0 Å². The average molecular weight is 300 g/mol. The highest BCUT2D eigenvalue weighted by atomic mass is 35.5. The summed E-state index contributed by atoms with van der Waals surface area (Å²) in [5.74, 6) is 0. The van der Waals surface area contributed by atoms with Gasteiger partial charge in [-0.05, 0) is 13.0 Å². The number of hydrogen-bond acceptors (Lipinski definition) is 6. The first-order valence-electron chi connectivity index (χ1n) is 6.10. The number of nitrogens with zero attached hydrogens (tertiary/aromatic N) is 3. The lowest BCUT2D eigenvalue weighted by Gasteiger charge is -2.27. The summed E-state index contributed by atoms with van der Waals surface area (Å²) in [7, 11) is 0. The largest absolute Gasteiger partial charge is 0.394 e. The fraction of sp³-hybridized carbons (Fsp3) is 0.500. The van der Waals surface area contributed by atoms with Crippen LogP contribution in [0.4, 0.5) is 0 Å². The first-order valence-corrected chi connectivity index (χ1v) is 6.48. The molecule has 1 unspecified atom stereocenters. The van der Waals surface area contributed by atoms with Gasteiger partial charge < -0.3 is 24.6 Å². The quantitative estimate of drug-likeness (QED) is 0.679. The Morgan fingerprint density at radius 2 is 2.25 bits per heavy atom. The predicted molar refractivity (Wildman–Crippen MR) is 70.2 cm³/mol. The van der Waals surface area contributed by atoms with Gasteiger partial charge >= 0.3 is 0 Å². The van der Waals surface area contributed by atoms with Crippen molar-refractivity contribution in [1.82, 2.24) is 14.5 Å². The van der Waals surface area contributed by atoms with Crippen LogP contribution in [-0.2, 0) is 4.74 Å². The molecule has 20 heavy (non-hydrogen) atoms. The summed E-state index contributed by atoms with van der Waals surface area (Å²) < 4.78 is 7.11. The van der Waals surface area contributed by atoms with E-state index in [1.807, 2.05) is 0 Å². The maximum Gasteiger partial charge on any atom is 0.167 e. The molecule has 0 bridgehead atoms. The van der Waals surface area contributed by atoms with Gasteiger partial charge in [0.15, 0.2) is 6.23 Å². The number of ether oxygens (including phenoxy) is 1. The molecule has 0 saturated carbocycles. The Hall–Kier alpha value is -1.25. The summed E-state index contributed by atoms with van der Waals surface area (Å²) in [6.07, 6.45) is 0.0249. The van der Waals surface area contributed by atoms with E-state index >= 15 is 0 Å². The van der Waals surface area contributed by atoms with Crippen LogP contribution >= 0.6 is 11.6 Å². The highest BCUT2D eigenvalue weighted by Crippen LogP contribution is 2.39. The second-order valence-corrected chi connectivity index (χ2v) is 5.36. The van der Waals surface area contributed by atoms with Gasteiger partial charge in [-0.3, -0.25) is 0 Å². The Morgan fingerprint density at radius 1 is 1.50 bits per heavy atom. The minimum absolute atomic E-state index is 0.297. The topological polar surface area (TPSA) is 101 Å². The SMILES string of the molecule is C[C@@]1(O)C(n2ccc3c(Cl)ncnc32)O[C@H](CO)[C@H]1O. The lowest BCUT2D eigenvalue weighted by molar-refractivity contribution is -0.0948. The molecule has 3 heterocycles. The smallest absolute Gasteiger partial charge is 0.167 e. The molecule has 1 saturated heterocycles. The molecule has 0 aliphatic carbocycles. The van der Waals surface area contributed by atoms with E-state index < -0.39 is 24.0 Å². The lowest BCUT2D eigenvalue weighted by Crippen LogP contribution is -2.44. The Balaban J connectivity index is 2.10. The summed E-state index contributed by atoms with van der Waals surface area (Å²) in [4.78, 5) is 8.00. The van der Waals surface area contributed by atoms with Crippen LogP contribution in [0.5, 0.6) is 0 Å².